The number of hydrogen-bond acceptors (Lipinski definition) is 6. The highest BCUT2D eigenvalue weighted by atomic mass is 32.2. The maximum Gasteiger partial charge on any atom is 0.345 e. The summed E-state index contributed by atoms with van der Waals surface area (Å²) in [5, 5.41) is 3.59. The van der Waals surface area contributed by atoms with Crippen LogP contribution in [0.1, 0.15) is 23.0 Å². The van der Waals surface area contributed by atoms with Crippen molar-refractivity contribution in [2.75, 3.05) is 11.3 Å². The maximum absolute atomic E-state index is 12.2. The van der Waals surface area contributed by atoms with Gasteiger partial charge in [-0.05, 0) is 26.0 Å². The van der Waals surface area contributed by atoms with E-state index in [4.69, 9.17) is 9.26 Å². The predicted molar refractivity (Wildman–Crippen MR) is 74.4 cm³/mol. The molecule has 0 aliphatic carbocycles. The third-order valence-electron chi connectivity index (χ3n) is 2.62. The normalized spacial score (nSPS) is 11.1. The molecule has 0 aliphatic heterocycles. The number of carbonyl (C=O) groups excluding carboxylic acids is 1. The lowest BCUT2D eigenvalue weighted by Gasteiger charge is -2.06. The van der Waals surface area contributed by atoms with E-state index >= 15 is 0 Å². The van der Waals surface area contributed by atoms with Gasteiger partial charge in [-0.3, -0.25) is 0 Å². The number of hydrogen-bond donors (Lipinski definition) is 1. The average molecular weight is 310 g/mol. The van der Waals surface area contributed by atoms with E-state index in [9.17, 15) is 13.2 Å². The minimum absolute atomic E-state index is 0.0312. The van der Waals surface area contributed by atoms with Gasteiger partial charge in [-0.15, -0.1) is 0 Å². The lowest BCUT2D eigenvalue weighted by Crippen LogP contribution is -2.15. The van der Waals surface area contributed by atoms with Gasteiger partial charge in [0.15, 0.2) is 0 Å². The van der Waals surface area contributed by atoms with Crippen LogP contribution in [0.3, 0.4) is 0 Å². The Labute approximate surface area is 121 Å². The van der Waals surface area contributed by atoms with Crippen LogP contribution in [0.4, 0.5) is 5.88 Å². The topological polar surface area (TPSA) is 98.5 Å². The number of esters is 1. The molecule has 112 valence electrons. The molecular weight excluding hydrogens is 296 g/mol. The highest BCUT2D eigenvalue weighted by Crippen LogP contribution is 2.23. The van der Waals surface area contributed by atoms with Gasteiger partial charge in [-0.2, -0.15) is 0 Å². The summed E-state index contributed by atoms with van der Waals surface area (Å²) < 4.78 is 36.3. The highest BCUT2D eigenvalue weighted by Gasteiger charge is 2.26. The van der Waals surface area contributed by atoms with Gasteiger partial charge in [0.2, 0.25) is 0 Å². The van der Waals surface area contributed by atoms with Crippen molar-refractivity contribution < 1.29 is 22.5 Å². The first kappa shape index (κ1) is 15.0. The van der Waals surface area contributed by atoms with E-state index in [1.807, 2.05) is 0 Å². The van der Waals surface area contributed by atoms with Crippen molar-refractivity contribution in [2.45, 2.75) is 18.7 Å². The summed E-state index contributed by atoms with van der Waals surface area (Å²) in [6.45, 7) is 3.33. The minimum Gasteiger partial charge on any atom is -0.462 e. The van der Waals surface area contributed by atoms with Crippen molar-refractivity contribution in [3.8, 4) is 0 Å². The Morgan fingerprint density at radius 3 is 2.62 bits per heavy atom. The van der Waals surface area contributed by atoms with Crippen LogP contribution in [-0.2, 0) is 14.8 Å². The molecule has 0 bridgehead atoms. The van der Waals surface area contributed by atoms with Crippen LogP contribution < -0.4 is 4.72 Å². The van der Waals surface area contributed by atoms with E-state index in [2.05, 4.69) is 9.88 Å². The molecule has 1 N–H and O–H groups in total. The van der Waals surface area contributed by atoms with Crippen molar-refractivity contribution in [1.29, 1.82) is 0 Å². The van der Waals surface area contributed by atoms with Crippen LogP contribution >= 0.6 is 0 Å². The first-order valence-electron chi connectivity index (χ1n) is 6.17. The van der Waals surface area contributed by atoms with Crippen molar-refractivity contribution in [3.63, 3.8) is 0 Å². The van der Waals surface area contributed by atoms with Gasteiger partial charge in [-0.1, -0.05) is 23.4 Å². The zero-order valence-corrected chi connectivity index (χ0v) is 12.3. The average Bonchev–Trinajstić information content (AvgIpc) is 2.80. The third kappa shape index (κ3) is 3.22. The van der Waals surface area contributed by atoms with E-state index in [1.54, 1.807) is 25.1 Å². The molecule has 1 aromatic carbocycles. The number of sulfonamides is 1. The molecule has 0 saturated carbocycles. The van der Waals surface area contributed by atoms with E-state index in [0.29, 0.717) is 0 Å². The second kappa shape index (κ2) is 5.96. The fraction of sp³-hybridized carbons (Fsp3) is 0.231. The van der Waals surface area contributed by atoms with Gasteiger partial charge in [0.25, 0.3) is 15.9 Å². The molecule has 0 spiro atoms. The fourth-order valence-electron chi connectivity index (χ4n) is 1.66. The second-order valence-corrected chi connectivity index (χ2v) is 5.79. The molecule has 0 saturated heterocycles. The molecule has 2 rings (SSSR count). The van der Waals surface area contributed by atoms with Gasteiger partial charge in [0, 0.05) is 0 Å². The Balaban J connectivity index is 2.35. The largest absolute Gasteiger partial charge is 0.462 e. The summed E-state index contributed by atoms with van der Waals surface area (Å²) in [4.78, 5) is 11.9. The van der Waals surface area contributed by atoms with Crippen molar-refractivity contribution in [2.24, 2.45) is 0 Å². The van der Waals surface area contributed by atoms with Crippen LogP contribution in [0.25, 0.3) is 0 Å². The number of ether oxygens (including phenoxy) is 1. The number of nitrogens with one attached hydrogen (secondary N) is 1. The number of nitrogens with zero attached hydrogens (tertiary/aromatic N) is 1. The maximum atomic E-state index is 12.2. The van der Waals surface area contributed by atoms with Crippen molar-refractivity contribution >= 4 is 21.9 Å². The SMILES string of the molecule is CCOC(=O)c1c(C)noc1NS(=O)(=O)c1ccccc1. The summed E-state index contributed by atoms with van der Waals surface area (Å²) >= 11 is 0. The summed E-state index contributed by atoms with van der Waals surface area (Å²) in [5.41, 5.74) is 0.218. The summed E-state index contributed by atoms with van der Waals surface area (Å²) in [6.07, 6.45) is 0. The molecule has 2 aromatic rings. The van der Waals surface area contributed by atoms with Gasteiger partial charge in [0.1, 0.15) is 5.56 Å². The van der Waals surface area contributed by atoms with Gasteiger partial charge < -0.3 is 9.26 Å². The minimum atomic E-state index is -3.86. The molecular formula is C13H14N2O5S. The van der Waals surface area contributed by atoms with Gasteiger partial charge >= 0.3 is 5.97 Å². The molecule has 0 aliphatic rings. The number of aryl methyl sites for hydroxylation is 1. The van der Waals surface area contributed by atoms with Crippen LogP contribution in [0, 0.1) is 6.92 Å². The Morgan fingerprint density at radius 1 is 1.33 bits per heavy atom. The van der Waals surface area contributed by atoms with Crippen molar-refractivity contribution in [1.82, 2.24) is 5.16 Å². The van der Waals surface area contributed by atoms with E-state index < -0.39 is 16.0 Å². The first-order valence-corrected chi connectivity index (χ1v) is 7.65. The molecule has 7 nitrogen and oxygen atoms in total. The molecule has 0 amide bonds. The van der Waals surface area contributed by atoms with Crippen LogP contribution in [0.2, 0.25) is 0 Å². The summed E-state index contributed by atoms with van der Waals surface area (Å²) in [6, 6.07) is 7.73. The third-order valence-corrected chi connectivity index (χ3v) is 3.97. The molecule has 21 heavy (non-hydrogen) atoms. The van der Waals surface area contributed by atoms with E-state index in [1.165, 1.54) is 19.1 Å². The molecule has 0 unspecified atom stereocenters. The Morgan fingerprint density at radius 2 is 2.00 bits per heavy atom. The fourth-order valence-corrected chi connectivity index (χ4v) is 2.68. The Kier molecular flexibility index (Phi) is 4.27. The van der Waals surface area contributed by atoms with Gasteiger partial charge in [0.05, 0.1) is 17.2 Å². The quantitative estimate of drug-likeness (QED) is 0.848. The molecule has 0 atom stereocenters. The number of carbonyl (C=O) groups is 1. The highest BCUT2D eigenvalue weighted by molar-refractivity contribution is 7.92. The van der Waals surface area contributed by atoms with Crippen molar-refractivity contribution in [3.05, 3.63) is 41.6 Å². The van der Waals surface area contributed by atoms with E-state index in [0.717, 1.165) is 0 Å². The molecule has 8 heteroatoms. The smallest absolute Gasteiger partial charge is 0.345 e. The monoisotopic (exact) mass is 310 g/mol. The number of benzene rings is 1. The molecule has 0 radical (unpaired) electrons. The standard InChI is InChI=1S/C13H14N2O5S/c1-3-19-13(16)11-9(2)14-20-12(11)15-21(17,18)10-7-5-4-6-8-10/h4-8,15H,3H2,1-2H3. The lowest BCUT2D eigenvalue weighted by molar-refractivity contribution is 0.0526. The Bertz CT molecular complexity index is 737. The number of aromatic nitrogens is 1. The molecule has 0 fully saturated rings. The first-order chi connectivity index (χ1) is 9.95. The zero-order valence-electron chi connectivity index (χ0n) is 11.5. The summed E-state index contributed by atoms with van der Waals surface area (Å²) in [5.74, 6) is -0.947. The molecule has 1 aromatic heterocycles. The number of anilines is 1. The number of rotatable bonds is 5. The zero-order chi connectivity index (χ0) is 15.5. The Hall–Kier alpha value is -2.35. The van der Waals surface area contributed by atoms with Gasteiger partial charge in [-0.25, -0.2) is 17.9 Å². The van der Waals surface area contributed by atoms with E-state index in [-0.39, 0.29) is 28.6 Å². The predicted octanol–water partition coefficient (Wildman–Crippen LogP) is 1.96. The van der Waals surface area contributed by atoms with Crippen LogP contribution in [0.5, 0.6) is 0 Å². The second-order valence-electron chi connectivity index (χ2n) is 4.11. The lowest BCUT2D eigenvalue weighted by atomic mass is 10.2. The van der Waals surface area contributed by atoms with Crippen LogP contribution in [0.15, 0.2) is 39.8 Å². The molecule has 1 heterocycles. The summed E-state index contributed by atoms with van der Waals surface area (Å²) in [7, 11) is -3.86. The van der Waals surface area contributed by atoms with Crippen LogP contribution in [-0.4, -0.2) is 26.2 Å².